The molecule has 0 saturated carbocycles. The Bertz CT molecular complexity index is 576. The van der Waals surface area contributed by atoms with Gasteiger partial charge in [-0.3, -0.25) is 9.59 Å². The summed E-state index contributed by atoms with van der Waals surface area (Å²) in [6.45, 7) is 1.92. The molecule has 0 bridgehead atoms. The van der Waals surface area contributed by atoms with E-state index in [4.69, 9.17) is 10.2 Å². The lowest BCUT2D eigenvalue weighted by Gasteiger charge is -1.95. The largest absolute Gasteiger partial charge is 0.504 e. The molecule has 0 atom stereocenters. The summed E-state index contributed by atoms with van der Waals surface area (Å²) in [4.78, 5) is 20.3. The molecule has 0 amide bonds. The van der Waals surface area contributed by atoms with Crippen LogP contribution in [0.4, 0.5) is 0 Å². The van der Waals surface area contributed by atoms with Crippen LogP contribution in [0.15, 0.2) is 42.5 Å². The first-order valence-corrected chi connectivity index (χ1v) is 5.56. The molecule has 0 aliphatic carbocycles. The minimum Gasteiger partial charge on any atom is -0.504 e. The van der Waals surface area contributed by atoms with Crippen LogP contribution in [0.1, 0.15) is 26.3 Å². The number of carbonyl (C=O) groups is 2. The molecule has 2 N–H and O–H groups in total. The molecule has 2 aromatic carbocycles. The minimum atomic E-state index is -0.274. The highest BCUT2D eigenvalue weighted by molar-refractivity contribution is 5.77. The third kappa shape index (κ3) is 4.27. The summed E-state index contributed by atoms with van der Waals surface area (Å²) in [5.41, 5.74) is 2.15. The molecule has 0 fully saturated rings. The van der Waals surface area contributed by atoms with E-state index in [1.807, 2.05) is 31.2 Å². The highest BCUT2D eigenvalue weighted by Gasteiger charge is 1.97. The second-order valence-electron chi connectivity index (χ2n) is 3.84. The van der Waals surface area contributed by atoms with Crippen molar-refractivity contribution in [3.63, 3.8) is 0 Å². The van der Waals surface area contributed by atoms with Crippen molar-refractivity contribution < 1.29 is 19.8 Å². The molecular weight excluding hydrogens is 244 g/mol. The number of aldehydes is 2. The first-order valence-electron chi connectivity index (χ1n) is 5.56. The van der Waals surface area contributed by atoms with Crippen LogP contribution in [-0.4, -0.2) is 22.8 Å². The van der Waals surface area contributed by atoms with E-state index in [0.717, 1.165) is 17.4 Å². The molecule has 0 aromatic heterocycles. The molecule has 0 unspecified atom stereocenters. The maximum absolute atomic E-state index is 10.2. The molecule has 4 heteroatoms. The van der Waals surface area contributed by atoms with E-state index in [1.165, 1.54) is 18.2 Å². The minimum absolute atomic E-state index is 0.217. The first kappa shape index (κ1) is 14.4. The van der Waals surface area contributed by atoms with Gasteiger partial charge in [0, 0.05) is 11.1 Å². The maximum Gasteiger partial charge on any atom is 0.158 e. The maximum atomic E-state index is 10.2. The fourth-order valence-electron chi connectivity index (χ4n) is 1.33. The Labute approximate surface area is 111 Å². The number of phenolic OH excluding ortho intramolecular Hbond substituents is 2. The number of aromatic hydroxyl groups is 2. The summed E-state index contributed by atoms with van der Waals surface area (Å²) in [7, 11) is 0. The number of hydrogen-bond acceptors (Lipinski definition) is 4. The Morgan fingerprint density at radius 2 is 1.58 bits per heavy atom. The van der Waals surface area contributed by atoms with Crippen molar-refractivity contribution in [3.05, 3.63) is 59.2 Å². The molecule has 2 aromatic rings. The highest BCUT2D eigenvalue weighted by atomic mass is 16.3. The van der Waals surface area contributed by atoms with E-state index in [1.54, 1.807) is 0 Å². The number of aryl methyl sites for hydroxylation is 1. The molecule has 0 heterocycles. The molecule has 0 aliphatic heterocycles. The first-order chi connectivity index (χ1) is 9.08. The second kappa shape index (κ2) is 6.96. The molecule has 98 valence electrons. The molecule has 2 rings (SSSR count). The zero-order valence-electron chi connectivity index (χ0n) is 10.4. The number of carbonyl (C=O) groups excluding carboxylic acids is 2. The van der Waals surface area contributed by atoms with Crippen LogP contribution in [0.25, 0.3) is 0 Å². The van der Waals surface area contributed by atoms with Gasteiger partial charge < -0.3 is 10.2 Å². The number of benzene rings is 2. The van der Waals surface area contributed by atoms with Crippen molar-refractivity contribution in [1.82, 2.24) is 0 Å². The normalized spacial score (nSPS) is 9.11. The Kier molecular flexibility index (Phi) is 5.29. The van der Waals surface area contributed by atoms with Crippen molar-refractivity contribution in [2.24, 2.45) is 0 Å². The lowest BCUT2D eigenvalue weighted by atomic mass is 10.1. The van der Waals surface area contributed by atoms with Crippen LogP contribution >= 0.6 is 0 Å². The van der Waals surface area contributed by atoms with Crippen LogP contribution in [-0.2, 0) is 0 Å². The van der Waals surface area contributed by atoms with Gasteiger partial charge in [-0.2, -0.15) is 0 Å². The third-order valence-electron chi connectivity index (χ3n) is 2.45. The van der Waals surface area contributed by atoms with E-state index >= 15 is 0 Å². The standard InChI is InChI=1S/C8H8O.C7H6O3/c1-7-4-2-3-5-8(7)6-9;8-4-5-1-2-6(9)7(10)3-5/h2-6H,1H3;1-4,9-10H. The van der Waals surface area contributed by atoms with Gasteiger partial charge in [-0.15, -0.1) is 0 Å². The van der Waals surface area contributed by atoms with Gasteiger partial charge in [0.1, 0.15) is 12.6 Å². The Balaban J connectivity index is 0.000000191. The summed E-state index contributed by atoms with van der Waals surface area (Å²) >= 11 is 0. The van der Waals surface area contributed by atoms with Gasteiger partial charge in [-0.25, -0.2) is 0 Å². The second-order valence-corrected chi connectivity index (χ2v) is 3.84. The van der Waals surface area contributed by atoms with Crippen LogP contribution in [0, 0.1) is 6.92 Å². The molecule has 0 spiro atoms. The quantitative estimate of drug-likeness (QED) is 0.641. The lowest BCUT2D eigenvalue weighted by molar-refractivity contribution is 0.111. The SMILES string of the molecule is Cc1ccccc1C=O.O=Cc1ccc(O)c(O)c1. The molecular formula is C15H14O4. The predicted molar refractivity (Wildman–Crippen MR) is 71.7 cm³/mol. The van der Waals surface area contributed by atoms with E-state index in [-0.39, 0.29) is 11.5 Å². The summed E-state index contributed by atoms with van der Waals surface area (Å²) in [5, 5.41) is 17.6. The van der Waals surface area contributed by atoms with Crippen LogP contribution < -0.4 is 0 Å². The van der Waals surface area contributed by atoms with Crippen molar-refractivity contribution in [3.8, 4) is 11.5 Å². The van der Waals surface area contributed by atoms with E-state index in [9.17, 15) is 9.59 Å². The average molecular weight is 258 g/mol. The van der Waals surface area contributed by atoms with Crippen molar-refractivity contribution >= 4 is 12.6 Å². The zero-order valence-corrected chi connectivity index (χ0v) is 10.4. The van der Waals surface area contributed by atoms with E-state index < -0.39 is 0 Å². The van der Waals surface area contributed by atoms with Crippen molar-refractivity contribution in [2.45, 2.75) is 6.92 Å². The van der Waals surface area contributed by atoms with E-state index in [2.05, 4.69) is 0 Å². The Morgan fingerprint density at radius 1 is 0.895 bits per heavy atom. The molecule has 0 radical (unpaired) electrons. The number of rotatable bonds is 2. The molecule has 19 heavy (non-hydrogen) atoms. The van der Waals surface area contributed by atoms with E-state index in [0.29, 0.717) is 11.8 Å². The van der Waals surface area contributed by atoms with Gasteiger partial charge in [0.25, 0.3) is 0 Å². The predicted octanol–water partition coefficient (Wildman–Crippen LogP) is 2.72. The smallest absolute Gasteiger partial charge is 0.158 e. The Hall–Kier alpha value is -2.62. The topological polar surface area (TPSA) is 74.6 Å². The van der Waals surface area contributed by atoms with Gasteiger partial charge in [0.15, 0.2) is 11.5 Å². The van der Waals surface area contributed by atoms with Crippen LogP contribution in [0.5, 0.6) is 11.5 Å². The lowest BCUT2D eigenvalue weighted by Crippen LogP contribution is -1.82. The fraction of sp³-hybridized carbons (Fsp3) is 0.0667. The van der Waals surface area contributed by atoms with Crippen LogP contribution in [0.2, 0.25) is 0 Å². The van der Waals surface area contributed by atoms with Crippen molar-refractivity contribution in [2.75, 3.05) is 0 Å². The van der Waals surface area contributed by atoms with Gasteiger partial charge in [-0.05, 0) is 30.7 Å². The molecule has 0 saturated heterocycles. The summed E-state index contributed by atoms with van der Waals surface area (Å²) in [6.07, 6.45) is 1.47. The summed E-state index contributed by atoms with van der Waals surface area (Å²) < 4.78 is 0. The summed E-state index contributed by atoms with van der Waals surface area (Å²) in [6, 6.07) is 11.4. The average Bonchev–Trinajstić information content (AvgIpc) is 2.43. The van der Waals surface area contributed by atoms with Crippen molar-refractivity contribution in [1.29, 1.82) is 0 Å². The Morgan fingerprint density at radius 3 is 2.05 bits per heavy atom. The molecule has 4 nitrogen and oxygen atoms in total. The van der Waals surface area contributed by atoms with Gasteiger partial charge in [-0.1, -0.05) is 24.3 Å². The number of phenols is 2. The highest BCUT2D eigenvalue weighted by Crippen LogP contribution is 2.23. The van der Waals surface area contributed by atoms with Gasteiger partial charge in [0.05, 0.1) is 0 Å². The zero-order chi connectivity index (χ0) is 14.3. The van der Waals surface area contributed by atoms with Gasteiger partial charge in [0.2, 0.25) is 0 Å². The monoisotopic (exact) mass is 258 g/mol. The third-order valence-corrected chi connectivity index (χ3v) is 2.45. The molecule has 0 aliphatic rings. The fourth-order valence-corrected chi connectivity index (χ4v) is 1.33. The number of hydrogen-bond donors (Lipinski definition) is 2. The summed E-state index contributed by atoms with van der Waals surface area (Å²) in [5.74, 6) is -0.491. The van der Waals surface area contributed by atoms with Crippen LogP contribution in [0.3, 0.4) is 0 Å². The van der Waals surface area contributed by atoms with Gasteiger partial charge >= 0.3 is 0 Å².